The molecule has 0 spiro atoms. The van der Waals surface area contributed by atoms with Crippen LogP contribution in [0.1, 0.15) is 50.5 Å². The fourth-order valence-electron chi connectivity index (χ4n) is 3.23. The molecule has 114 valence electrons. The van der Waals surface area contributed by atoms with Crippen LogP contribution in [-0.2, 0) is 5.54 Å². The molecule has 3 heteroatoms. The molecule has 3 nitrogen and oxygen atoms in total. The van der Waals surface area contributed by atoms with Crippen molar-refractivity contribution in [2.24, 2.45) is 5.73 Å². The quantitative estimate of drug-likeness (QED) is 0.843. The first-order chi connectivity index (χ1) is 10.2. The first-order valence-corrected chi connectivity index (χ1v) is 8.11. The maximum atomic E-state index is 9.51. The van der Waals surface area contributed by atoms with E-state index in [1.807, 2.05) is 30.3 Å². The molecule has 0 amide bonds. The van der Waals surface area contributed by atoms with Crippen molar-refractivity contribution in [3.63, 3.8) is 0 Å². The summed E-state index contributed by atoms with van der Waals surface area (Å²) in [7, 11) is 2.18. The Bertz CT molecular complexity index is 457. The average Bonchev–Trinajstić information content (AvgIpc) is 2.82. The molecule has 2 rings (SSSR count). The van der Waals surface area contributed by atoms with Gasteiger partial charge in [-0.05, 0) is 31.9 Å². The van der Waals surface area contributed by atoms with Crippen molar-refractivity contribution in [3.8, 4) is 6.07 Å². The van der Waals surface area contributed by atoms with Crippen LogP contribution in [0.25, 0.3) is 0 Å². The standard InChI is InChI=1S/C18H27N3/c1-21(17-11-7-2-3-8-12-17)14-13-18(20,15-19)16-9-5-4-6-10-16/h4-6,9-10,17H,2-3,7-8,11-14,20H2,1H3. The maximum Gasteiger partial charge on any atom is 0.131 e. The van der Waals surface area contributed by atoms with Gasteiger partial charge < -0.3 is 10.6 Å². The Kier molecular flexibility index (Phi) is 5.78. The van der Waals surface area contributed by atoms with Crippen LogP contribution >= 0.6 is 0 Å². The third-order valence-corrected chi connectivity index (χ3v) is 4.80. The molecule has 2 N–H and O–H groups in total. The summed E-state index contributed by atoms with van der Waals surface area (Å²) in [4.78, 5) is 2.41. The van der Waals surface area contributed by atoms with Crippen LogP contribution in [0.3, 0.4) is 0 Å². The van der Waals surface area contributed by atoms with Crippen molar-refractivity contribution >= 4 is 0 Å². The maximum absolute atomic E-state index is 9.51. The molecule has 0 aliphatic heterocycles. The third-order valence-electron chi connectivity index (χ3n) is 4.80. The number of benzene rings is 1. The van der Waals surface area contributed by atoms with Gasteiger partial charge in [-0.1, -0.05) is 56.0 Å². The lowest BCUT2D eigenvalue weighted by atomic mass is 9.89. The van der Waals surface area contributed by atoms with Crippen molar-refractivity contribution < 1.29 is 0 Å². The summed E-state index contributed by atoms with van der Waals surface area (Å²) in [6.07, 6.45) is 8.65. The summed E-state index contributed by atoms with van der Waals surface area (Å²) >= 11 is 0. The molecule has 0 radical (unpaired) electrons. The number of hydrogen-bond donors (Lipinski definition) is 1. The van der Waals surface area contributed by atoms with E-state index in [1.165, 1.54) is 38.5 Å². The van der Waals surface area contributed by atoms with Gasteiger partial charge in [-0.2, -0.15) is 5.26 Å². The summed E-state index contributed by atoms with van der Waals surface area (Å²) in [5.74, 6) is 0. The number of rotatable bonds is 5. The first kappa shape index (κ1) is 16.0. The lowest BCUT2D eigenvalue weighted by molar-refractivity contribution is 0.207. The fraction of sp³-hybridized carbons (Fsp3) is 0.611. The molecule has 1 aromatic carbocycles. The Hall–Kier alpha value is -1.37. The Morgan fingerprint density at radius 2 is 1.81 bits per heavy atom. The second kappa shape index (κ2) is 7.59. The highest BCUT2D eigenvalue weighted by atomic mass is 15.1. The van der Waals surface area contributed by atoms with E-state index in [9.17, 15) is 5.26 Å². The highest BCUT2D eigenvalue weighted by molar-refractivity contribution is 5.30. The molecule has 1 aromatic rings. The van der Waals surface area contributed by atoms with Crippen LogP contribution < -0.4 is 5.73 Å². The Labute approximate surface area is 128 Å². The minimum Gasteiger partial charge on any atom is -0.310 e. The lowest BCUT2D eigenvalue weighted by Gasteiger charge is -2.30. The third kappa shape index (κ3) is 4.30. The summed E-state index contributed by atoms with van der Waals surface area (Å²) in [5.41, 5.74) is 6.38. The molecule has 0 bridgehead atoms. The lowest BCUT2D eigenvalue weighted by Crippen LogP contribution is -2.41. The summed E-state index contributed by atoms with van der Waals surface area (Å²) < 4.78 is 0. The minimum absolute atomic E-state index is 0.659. The highest BCUT2D eigenvalue weighted by Crippen LogP contribution is 2.25. The molecular formula is C18H27N3. The monoisotopic (exact) mass is 285 g/mol. The largest absolute Gasteiger partial charge is 0.310 e. The van der Waals surface area contributed by atoms with Crippen LogP contribution in [0.2, 0.25) is 0 Å². The molecule has 0 aromatic heterocycles. The van der Waals surface area contributed by atoms with Crippen molar-refractivity contribution in [1.29, 1.82) is 5.26 Å². The second-order valence-electron chi connectivity index (χ2n) is 6.33. The van der Waals surface area contributed by atoms with Crippen LogP contribution in [0, 0.1) is 11.3 Å². The fourth-order valence-corrected chi connectivity index (χ4v) is 3.23. The van der Waals surface area contributed by atoms with Gasteiger partial charge in [-0.15, -0.1) is 0 Å². The van der Waals surface area contributed by atoms with Crippen LogP contribution in [0.5, 0.6) is 0 Å². The van der Waals surface area contributed by atoms with Gasteiger partial charge in [-0.3, -0.25) is 0 Å². The molecule has 1 unspecified atom stereocenters. The number of nitriles is 1. The number of nitrogens with zero attached hydrogens (tertiary/aromatic N) is 2. The van der Waals surface area contributed by atoms with Gasteiger partial charge in [0, 0.05) is 12.6 Å². The van der Waals surface area contributed by atoms with E-state index in [4.69, 9.17) is 5.73 Å². The van der Waals surface area contributed by atoms with E-state index in [2.05, 4.69) is 18.0 Å². The predicted molar refractivity (Wildman–Crippen MR) is 86.7 cm³/mol. The molecule has 1 saturated carbocycles. The van der Waals surface area contributed by atoms with E-state index < -0.39 is 5.54 Å². The molecule has 0 heterocycles. The van der Waals surface area contributed by atoms with E-state index in [-0.39, 0.29) is 0 Å². The first-order valence-electron chi connectivity index (χ1n) is 8.11. The van der Waals surface area contributed by atoms with E-state index in [1.54, 1.807) is 0 Å². The summed E-state index contributed by atoms with van der Waals surface area (Å²) in [6.45, 7) is 0.879. The van der Waals surface area contributed by atoms with E-state index >= 15 is 0 Å². The summed E-state index contributed by atoms with van der Waals surface area (Å²) in [5, 5.41) is 9.51. The Balaban J connectivity index is 1.95. The SMILES string of the molecule is CN(CCC(N)(C#N)c1ccccc1)C1CCCCCC1. The molecular weight excluding hydrogens is 258 g/mol. The van der Waals surface area contributed by atoms with E-state index in [0.717, 1.165) is 12.1 Å². The average molecular weight is 285 g/mol. The topological polar surface area (TPSA) is 53.0 Å². The predicted octanol–water partition coefficient (Wildman–Crippen LogP) is 3.41. The molecule has 1 aliphatic carbocycles. The van der Waals surface area contributed by atoms with Gasteiger partial charge in [0.1, 0.15) is 5.54 Å². The van der Waals surface area contributed by atoms with Gasteiger partial charge in [0.15, 0.2) is 0 Å². The zero-order chi connectivity index (χ0) is 15.1. The van der Waals surface area contributed by atoms with Gasteiger partial charge in [-0.25, -0.2) is 0 Å². The highest BCUT2D eigenvalue weighted by Gasteiger charge is 2.28. The van der Waals surface area contributed by atoms with E-state index in [0.29, 0.717) is 12.5 Å². The van der Waals surface area contributed by atoms with Gasteiger partial charge in [0.25, 0.3) is 0 Å². The number of hydrogen-bond acceptors (Lipinski definition) is 3. The second-order valence-corrected chi connectivity index (χ2v) is 6.33. The minimum atomic E-state index is -0.875. The Morgan fingerprint density at radius 3 is 2.38 bits per heavy atom. The Morgan fingerprint density at radius 1 is 1.19 bits per heavy atom. The van der Waals surface area contributed by atoms with Gasteiger partial charge in [0.2, 0.25) is 0 Å². The zero-order valence-electron chi connectivity index (χ0n) is 13.1. The van der Waals surface area contributed by atoms with Crippen LogP contribution in [0.15, 0.2) is 30.3 Å². The van der Waals surface area contributed by atoms with Crippen molar-refractivity contribution in [2.75, 3.05) is 13.6 Å². The van der Waals surface area contributed by atoms with Crippen LogP contribution in [-0.4, -0.2) is 24.5 Å². The van der Waals surface area contributed by atoms with Crippen molar-refractivity contribution in [1.82, 2.24) is 4.90 Å². The van der Waals surface area contributed by atoms with Gasteiger partial charge in [0.05, 0.1) is 6.07 Å². The number of nitrogens with two attached hydrogens (primary N) is 1. The zero-order valence-corrected chi connectivity index (χ0v) is 13.1. The van der Waals surface area contributed by atoms with Crippen molar-refractivity contribution in [2.45, 2.75) is 56.5 Å². The van der Waals surface area contributed by atoms with Crippen LogP contribution in [0.4, 0.5) is 0 Å². The normalized spacial score (nSPS) is 19.7. The molecule has 1 fully saturated rings. The smallest absolute Gasteiger partial charge is 0.131 e. The molecule has 21 heavy (non-hydrogen) atoms. The van der Waals surface area contributed by atoms with Gasteiger partial charge >= 0.3 is 0 Å². The molecule has 1 atom stereocenters. The summed E-state index contributed by atoms with van der Waals surface area (Å²) in [6, 6.07) is 12.7. The van der Waals surface area contributed by atoms with Crippen molar-refractivity contribution in [3.05, 3.63) is 35.9 Å². The molecule has 1 aliphatic rings. The molecule has 0 saturated heterocycles.